The fourth-order valence-electron chi connectivity index (χ4n) is 3.33. The topological polar surface area (TPSA) is 50.8 Å². The maximum atomic E-state index is 12.7. The van der Waals surface area contributed by atoms with Gasteiger partial charge in [-0.05, 0) is 48.5 Å². The number of carbonyl (C=O) groups is 1. The lowest BCUT2D eigenvalue weighted by Gasteiger charge is -2.24. The summed E-state index contributed by atoms with van der Waals surface area (Å²) in [5.74, 6) is 1.33. The third-order valence-electron chi connectivity index (χ3n) is 5.10. The summed E-state index contributed by atoms with van der Waals surface area (Å²) < 4.78 is 11.1. The molecule has 0 bridgehead atoms. The molecule has 1 heterocycles. The molecule has 0 spiro atoms. The monoisotopic (exact) mass is 376 g/mol. The van der Waals surface area contributed by atoms with Crippen molar-refractivity contribution in [2.24, 2.45) is 0 Å². The summed E-state index contributed by atoms with van der Waals surface area (Å²) in [6.45, 7) is 3.68. The van der Waals surface area contributed by atoms with Crippen LogP contribution in [0, 0.1) is 0 Å². The molecule has 3 aromatic carbocycles. The number of hydrogen-bond donors (Lipinski definition) is 1. The predicted octanol–water partition coefficient (Wildman–Crippen LogP) is 4.07. The summed E-state index contributed by atoms with van der Waals surface area (Å²) in [6, 6.07) is 19.9. The molecular weight excluding hydrogens is 352 g/mol. The second-order valence-corrected chi connectivity index (χ2v) is 7.12. The van der Waals surface area contributed by atoms with Crippen LogP contribution in [0.1, 0.15) is 12.5 Å². The number of nitrogens with zero attached hydrogens (tertiary/aromatic N) is 1. The standard InChI is InChI=1S/C23H24N2O3/c1-16(23(26)24-20-9-10-21-22(14-20)28-12-11-27-21)25(2)15-17-7-8-18-5-3-4-6-19(18)13-17/h3-10,13-14,16H,11-12,15H2,1-2H3,(H,24,26)/t16-/m1/s1. The highest BCUT2D eigenvalue weighted by atomic mass is 16.6. The Morgan fingerprint density at radius 1 is 1.00 bits per heavy atom. The Bertz CT molecular complexity index is 1000. The Balaban J connectivity index is 1.41. The molecule has 1 N–H and O–H groups in total. The molecule has 5 nitrogen and oxygen atoms in total. The van der Waals surface area contributed by atoms with Crippen molar-refractivity contribution in [1.29, 1.82) is 0 Å². The molecule has 5 heteroatoms. The van der Waals surface area contributed by atoms with Gasteiger partial charge in [0.15, 0.2) is 11.5 Å². The van der Waals surface area contributed by atoms with E-state index in [4.69, 9.17) is 9.47 Å². The van der Waals surface area contributed by atoms with Gasteiger partial charge in [-0.3, -0.25) is 9.69 Å². The highest BCUT2D eigenvalue weighted by Crippen LogP contribution is 2.32. The number of carbonyl (C=O) groups excluding carboxylic acids is 1. The van der Waals surface area contributed by atoms with Crippen molar-refractivity contribution in [2.75, 3.05) is 25.6 Å². The number of hydrogen-bond acceptors (Lipinski definition) is 4. The number of amides is 1. The lowest BCUT2D eigenvalue weighted by molar-refractivity contribution is -0.120. The van der Waals surface area contributed by atoms with Crippen LogP contribution in [0.15, 0.2) is 60.7 Å². The van der Waals surface area contributed by atoms with Gasteiger partial charge in [-0.2, -0.15) is 0 Å². The third-order valence-corrected chi connectivity index (χ3v) is 5.10. The minimum Gasteiger partial charge on any atom is -0.486 e. The molecule has 0 saturated heterocycles. The lowest BCUT2D eigenvalue weighted by Crippen LogP contribution is -2.39. The van der Waals surface area contributed by atoms with Gasteiger partial charge < -0.3 is 14.8 Å². The molecule has 4 rings (SSSR count). The summed E-state index contributed by atoms with van der Waals surface area (Å²) >= 11 is 0. The van der Waals surface area contributed by atoms with Gasteiger partial charge in [0.1, 0.15) is 13.2 Å². The number of anilines is 1. The van der Waals surface area contributed by atoms with E-state index in [0.717, 1.165) is 0 Å². The number of ether oxygens (including phenoxy) is 2. The second kappa shape index (κ2) is 7.90. The summed E-state index contributed by atoms with van der Waals surface area (Å²) in [5.41, 5.74) is 1.89. The molecule has 0 unspecified atom stereocenters. The Kier molecular flexibility index (Phi) is 5.17. The average Bonchev–Trinajstić information content (AvgIpc) is 2.73. The minimum atomic E-state index is -0.278. The van der Waals surface area contributed by atoms with Crippen LogP contribution in [0.25, 0.3) is 10.8 Å². The van der Waals surface area contributed by atoms with E-state index in [2.05, 4.69) is 35.6 Å². The third kappa shape index (κ3) is 3.94. The van der Waals surface area contributed by atoms with Gasteiger partial charge in [0, 0.05) is 18.3 Å². The molecule has 1 amide bonds. The fourth-order valence-corrected chi connectivity index (χ4v) is 3.33. The number of rotatable bonds is 5. The van der Waals surface area contributed by atoms with Crippen LogP contribution in [0.3, 0.4) is 0 Å². The molecule has 1 aliphatic heterocycles. The number of nitrogens with one attached hydrogen (secondary N) is 1. The Morgan fingerprint density at radius 3 is 2.57 bits per heavy atom. The summed E-state index contributed by atoms with van der Waals surface area (Å²) in [6.07, 6.45) is 0. The summed E-state index contributed by atoms with van der Waals surface area (Å²) in [7, 11) is 1.96. The van der Waals surface area contributed by atoms with Gasteiger partial charge in [-0.25, -0.2) is 0 Å². The lowest BCUT2D eigenvalue weighted by atomic mass is 10.1. The van der Waals surface area contributed by atoms with Crippen molar-refractivity contribution in [2.45, 2.75) is 19.5 Å². The maximum Gasteiger partial charge on any atom is 0.241 e. The van der Waals surface area contributed by atoms with E-state index >= 15 is 0 Å². The molecule has 0 radical (unpaired) electrons. The van der Waals surface area contributed by atoms with E-state index in [0.29, 0.717) is 36.9 Å². The number of likely N-dealkylation sites (N-methyl/N-ethyl adjacent to an activating group) is 1. The van der Waals surface area contributed by atoms with Crippen LogP contribution in [-0.4, -0.2) is 37.1 Å². The fraction of sp³-hybridized carbons (Fsp3) is 0.261. The zero-order chi connectivity index (χ0) is 19.5. The second-order valence-electron chi connectivity index (χ2n) is 7.12. The first-order chi connectivity index (χ1) is 13.6. The van der Waals surface area contributed by atoms with Gasteiger partial charge in [-0.15, -0.1) is 0 Å². The predicted molar refractivity (Wildman–Crippen MR) is 111 cm³/mol. The van der Waals surface area contributed by atoms with Crippen molar-refractivity contribution < 1.29 is 14.3 Å². The van der Waals surface area contributed by atoms with E-state index in [1.165, 1.54) is 16.3 Å². The van der Waals surface area contributed by atoms with Gasteiger partial charge in [0.05, 0.1) is 6.04 Å². The Morgan fingerprint density at radius 2 is 1.75 bits per heavy atom. The minimum absolute atomic E-state index is 0.0556. The number of benzene rings is 3. The van der Waals surface area contributed by atoms with Crippen molar-refractivity contribution in [3.8, 4) is 11.5 Å². The van der Waals surface area contributed by atoms with Crippen molar-refractivity contribution in [3.63, 3.8) is 0 Å². The molecule has 0 saturated carbocycles. The first-order valence-electron chi connectivity index (χ1n) is 9.48. The van der Waals surface area contributed by atoms with Crippen LogP contribution in [0.2, 0.25) is 0 Å². The maximum absolute atomic E-state index is 12.7. The highest BCUT2D eigenvalue weighted by Gasteiger charge is 2.19. The van der Waals surface area contributed by atoms with E-state index < -0.39 is 0 Å². The molecule has 3 aromatic rings. The molecule has 0 fully saturated rings. The van der Waals surface area contributed by atoms with E-state index in [1.807, 2.05) is 49.2 Å². The SMILES string of the molecule is C[C@H](C(=O)Nc1ccc2c(c1)OCCO2)N(C)Cc1ccc2ccccc2c1. The molecule has 144 valence electrons. The summed E-state index contributed by atoms with van der Waals surface area (Å²) in [4.78, 5) is 14.7. The Hall–Kier alpha value is -3.05. The highest BCUT2D eigenvalue weighted by molar-refractivity contribution is 5.94. The molecule has 1 atom stereocenters. The zero-order valence-electron chi connectivity index (χ0n) is 16.1. The largest absolute Gasteiger partial charge is 0.486 e. The molecule has 1 aliphatic rings. The van der Waals surface area contributed by atoms with Gasteiger partial charge >= 0.3 is 0 Å². The van der Waals surface area contributed by atoms with E-state index in [9.17, 15) is 4.79 Å². The van der Waals surface area contributed by atoms with Crippen LogP contribution >= 0.6 is 0 Å². The summed E-state index contributed by atoms with van der Waals surface area (Å²) in [5, 5.41) is 5.40. The average molecular weight is 376 g/mol. The van der Waals surface area contributed by atoms with Crippen LogP contribution in [0.4, 0.5) is 5.69 Å². The normalized spacial score (nSPS) is 14.1. The number of fused-ring (bicyclic) bond motifs is 2. The van der Waals surface area contributed by atoms with Crippen LogP contribution in [0.5, 0.6) is 11.5 Å². The van der Waals surface area contributed by atoms with E-state index in [-0.39, 0.29) is 11.9 Å². The Labute approximate surface area is 164 Å². The van der Waals surface area contributed by atoms with Gasteiger partial charge in [0.2, 0.25) is 5.91 Å². The van der Waals surface area contributed by atoms with Crippen molar-refractivity contribution >= 4 is 22.4 Å². The molecule has 0 aromatic heterocycles. The molecular formula is C23H24N2O3. The molecule has 28 heavy (non-hydrogen) atoms. The van der Waals surface area contributed by atoms with Crippen LogP contribution < -0.4 is 14.8 Å². The first-order valence-corrected chi connectivity index (χ1v) is 9.48. The van der Waals surface area contributed by atoms with E-state index in [1.54, 1.807) is 0 Å². The van der Waals surface area contributed by atoms with Gasteiger partial charge in [-0.1, -0.05) is 36.4 Å². The first kappa shape index (κ1) is 18.3. The van der Waals surface area contributed by atoms with Crippen LogP contribution in [-0.2, 0) is 11.3 Å². The van der Waals surface area contributed by atoms with Gasteiger partial charge in [0.25, 0.3) is 0 Å². The zero-order valence-corrected chi connectivity index (χ0v) is 16.1. The quantitative estimate of drug-likeness (QED) is 0.729. The smallest absolute Gasteiger partial charge is 0.241 e. The molecule has 0 aliphatic carbocycles. The van der Waals surface area contributed by atoms with Crippen molar-refractivity contribution in [1.82, 2.24) is 4.90 Å². The van der Waals surface area contributed by atoms with Crippen molar-refractivity contribution in [3.05, 3.63) is 66.2 Å².